The van der Waals surface area contributed by atoms with E-state index in [1.807, 2.05) is 7.05 Å². The molecule has 1 nitrogen and oxygen atoms in total. The monoisotopic (exact) mass is 213 g/mol. The topological polar surface area (TPSA) is 3.24 Å². The molecular formula is C10H12ClNS. The zero-order valence-corrected chi connectivity index (χ0v) is 9.54. The molecule has 70 valence electrons. The van der Waals surface area contributed by atoms with Crippen molar-refractivity contribution in [3.8, 4) is 0 Å². The van der Waals surface area contributed by atoms with Gasteiger partial charge in [0.25, 0.3) is 0 Å². The fraction of sp³-hybridized carbons (Fsp3) is 0.300. The third-order valence-corrected chi connectivity index (χ3v) is 2.38. The lowest BCUT2D eigenvalue weighted by Crippen LogP contribution is -2.19. The lowest BCUT2D eigenvalue weighted by molar-refractivity contribution is 1.27. The van der Waals surface area contributed by atoms with Gasteiger partial charge in [0.05, 0.1) is 0 Å². The molecule has 0 aliphatic rings. The van der Waals surface area contributed by atoms with Gasteiger partial charge in [0.1, 0.15) is 0 Å². The van der Waals surface area contributed by atoms with Gasteiger partial charge in [0.2, 0.25) is 0 Å². The predicted octanol–water partition coefficient (Wildman–Crippen LogP) is 3.26. The molecule has 1 aromatic carbocycles. The summed E-state index contributed by atoms with van der Waals surface area (Å²) in [6.45, 7) is 4.11. The van der Waals surface area contributed by atoms with E-state index in [0.29, 0.717) is 4.45 Å². The van der Waals surface area contributed by atoms with Gasteiger partial charge < -0.3 is 4.90 Å². The van der Waals surface area contributed by atoms with E-state index in [1.165, 1.54) is 11.1 Å². The van der Waals surface area contributed by atoms with Gasteiger partial charge in [-0.25, -0.2) is 0 Å². The minimum absolute atomic E-state index is 0.366. The summed E-state index contributed by atoms with van der Waals surface area (Å²) in [5.41, 5.74) is 3.47. The highest BCUT2D eigenvalue weighted by Gasteiger charge is 2.04. The molecule has 0 aliphatic carbocycles. The highest BCUT2D eigenvalue weighted by Crippen LogP contribution is 2.18. The minimum atomic E-state index is 0.366. The summed E-state index contributed by atoms with van der Waals surface area (Å²) in [7, 11) is 1.86. The molecule has 0 saturated heterocycles. The molecule has 0 fully saturated rings. The number of nitrogens with zero attached hydrogens (tertiary/aromatic N) is 1. The van der Waals surface area contributed by atoms with Crippen molar-refractivity contribution in [3.63, 3.8) is 0 Å². The second-order valence-electron chi connectivity index (χ2n) is 3.16. The number of thiocarbonyl (C=S) groups is 1. The van der Waals surface area contributed by atoms with Gasteiger partial charge in [-0.3, -0.25) is 0 Å². The Kier molecular flexibility index (Phi) is 3.28. The van der Waals surface area contributed by atoms with Crippen LogP contribution in [0.15, 0.2) is 18.2 Å². The highest BCUT2D eigenvalue weighted by molar-refractivity contribution is 7.83. The highest BCUT2D eigenvalue weighted by atomic mass is 35.5. The molecular weight excluding hydrogens is 202 g/mol. The van der Waals surface area contributed by atoms with Crippen LogP contribution in [0.2, 0.25) is 0 Å². The van der Waals surface area contributed by atoms with Gasteiger partial charge >= 0.3 is 0 Å². The van der Waals surface area contributed by atoms with Gasteiger partial charge in [0.15, 0.2) is 4.45 Å². The van der Waals surface area contributed by atoms with Gasteiger partial charge in [-0.05, 0) is 49.3 Å². The van der Waals surface area contributed by atoms with Crippen LogP contribution < -0.4 is 4.90 Å². The first-order chi connectivity index (χ1) is 6.00. The fourth-order valence-corrected chi connectivity index (χ4v) is 1.45. The van der Waals surface area contributed by atoms with Crippen molar-refractivity contribution >= 4 is 34.0 Å². The first-order valence-corrected chi connectivity index (χ1v) is 4.81. The Morgan fingerprint density at radius 3 is 2.08 bits per heavy atom. The Hall–Kier alpha value is -0.600. The minimum Gasteiger partial charge on any atom is -0.326 e. The standard InChI is InChI=1S/C10H12ClNS/c1-7-4-8(2)6-9(5-7)12(3)10(11)13/h4-6H,1-3H3. The molecule has 0 saturated carbocycles. The maximum Gasteiger partial charge on any atom is 0.174 e. The fourth-order valence-electron chi connectivity index (χ4n) is 1.25. The van der Waals surface area contributed by atoms with E-state index in [1.54, 1.807) is 4.90 Å². The van der Waals surface area contributed by atoms with Crippen molar-refractivity contribution in [2.45, 2.75) is 13.8 Å². The molecule has 0 N–H and O–H groups in total. The number of hydrogen-bond donors (Lipinski definition) is 0. The molecule has 13 heavy (non-hydrogen) atoms. The summed E-state index contributed by atoms with van der Waals surface area (Å²) in [4.78, 5) is 1.79. The zero-order chi connectivity index (χ0) is 10.0. The average molecular weight is 214 g/mol. The van der Waals surface area contributed by atoms with Crippen molar-refractivity contribution in [3.05, 3.63) is 29.3 Å². The first-order valence-electron chi connectivity index (χ1n) is 4.02. The number of anilines is 1. The van der Waals surface area contributed by atoms with Crippen LogP contribution in [-0.4, -0.2) is 11.5 Å². The molecule has 0 radical (unpaired) electrons. The number of benzene rings is 1. The quantitative estimate of drug-likeness (QED) is 0.400. The Bertz CT molecular complexity index is 315. The van der Waals surface area contributed by atoms with Gasteiger partial charge in [0, 0.05) is 12.7 Å². The number of halogens is 1. The average Bonchev–Trinajstić information content (AvgIpc) is 2.01. The Morgan fingerprint density at radius 2 is 1.69 bits per heavy atom. The summed E-state index contributed by atoms with van der Waals surface area (Å²) in [6.07, 6.45) is 0. The second kappa shape index (κ2) is 4.07. The summed E-state index contributed by atoms with van der Waals surface area (Å²) in [6, 6.07) is 6.23. The summed E-state index contributed by atoms with van der Waals surface area (Å²) in [5, 5.41) is 0. The van der Waals surface area contributed by atoms with Crippen LogP contribution in [0.25, 0.3) is 0 Å². The van der Waals surface area contributed by atoms with Crippen molar-refractivity contribution < 1.29 is 0 Å². The summed E-state index contributed by atoms with van der Waals surface area (Å²) >= 11 is 10.6. The molecule has 0 atom stereocenters. The van der Waals surface area contributed by atoms with E-state index < -0.39 is 0 Å². The molecule has 0 spiro atoms. The van der Waals surface area contributed by atoms with Crippen LogP contribution in [0.3, 0.4) is 0 Å². The number of aryl methyl sites for hydroxylation is 2. The molecule has 0 heterocycles. The molecule has 1 rings (SSSR count). The Balaban J connectivity index is 3.07. The van der Waals surface area contributed by atoms with Gasteiger partial charge in [-0.15, -0.1) is 0 Å². The van der Waals surface area contributed by atoms with Crippen molar-refractivity contribution in [1.29, 1.82) is 0 Å². The van der Waals surface area contributed by atoms with E-state index in [0.717, 1.165) is 5.69 Å². The second-order valence-corrected chi connectivity index (χ2v) is 4.13. The van der Waals surface area contributed by atoms with E-state index in [9.17, 15) is 0 Å². The normalized spacial score (nSPS) is 9.85. The molecule has 0 aromatic heterocycles. The van der Waals surface area contributed by atoms with Crippen LogP contribution in [0.4, 0.5) is 5.69 Å². The Morgan fingerprint density at radius 1 is 1.23 bits per heavy atom. The maximum absolute atomic E-state index is 5.72. The third-order valence-electron chi connectivity index (χ3n) is 1.86. The summed E-state index contributed by atoms with van der Waals surface area (Å²) in [5.74, 6) is 0. The first kappa shape index (κ1) is 10.5. The molecule has 3 heteroatoms. The zero-order valence-electron chi connectivity index (χ0n) is 7.97. The molecule has 0 amide bonds. The van der Waals surface area contributed by atoms with Crippen molar-refractivity contribution in [1.82, 2.24) is 0 Å². The summed E-state index contributed by atoms with van der Waals surface area (Å²) < 4.78 is 0.366. The van der Waals surface area contributed by atoms with E-state index in [2.05, 4.69) is 32.0 Å². The lowest BCUT2D eigenvalue weighted by Gasteiger charge is -2.16. The maximum atomic E-state index is 5.72. The van der Waals surface area contributed by atoms with Crippen LogP contribution in [0.5, 0.6) is 0 Å². The number of rotatable bonds is 1. The van der Waals surface area contributed by atoms with Crippen LogP contribution >= 0.6 is 23.8 Å². The lowest BCUT2D eigenvalue weighted by atomic mass is 10.1. The van der Waals surface area contributed by atoms with Crippen molar-refractivity contribution in [2.24, 2.45) is 0 Å². The molecule has 0 bridgehead atoms. The smallest absolute Gasteiger partial charge is 0.174 e. The van der Waals surface area contributed by atoms with Crippen LogP contribution in [0.1, 0.15) is 11.1 Å². The third kappa shape index (κ3) is 2.68. The van der Waals surface area contributed by atoms with Crippen LogP contribution in [0, 0.1) is 13.8 Å². The SMILES string of the molecule is Cc1cc(C)cc(N(C)C(=S)Cl)c1. The number of hydrogen-bond acceptors (Lipinski definition) is 1. The van der Waals surface area contributed by atoms with Gasteiger partial charge in [-0.1, -0.05) is 17.7 Å². The Labute approximate surface area is 89.3 Å². The van der Waals surface area contributed by atoms with E-state index in [-0.39, 0.29) is 0 Å². The molecule has 0 unspecified atom stereocenters. The predicted molar refractivity (Wildman–Crippen MR) is 62.8 cm³/mol. The van der Waals surface area contributed by atoms with E-state index >= 15 is 0 Å². The van der Waals surface area contributed by atoms with Crippen LogP contribution in [-0.2, 0) is 0 Å². The molecule has 1 aromatic rings. The van der Waals surface area contributed by atoms with Gasteiger partial charge in [-0.2, -0.15) is 0 Å². The largest absolute Gasteiger partial charge is 0.326 e. The molecule has 0 aliphatic heterocycles. The van der Waals surface area contributed by atoms with E-state index in [4.69, 9.17) is 23.8 Å². The van der Waals surface area contributed by atoms with Crippen molar-refractivity contribution in [2.75, 3.05) is 11.9 Å².